The summed E-state index contributed by atoms with van der Waals surface area (Å²) in [5, 5.41) is 0.588. The lowest BCUT2D eigenvalue weighted by Crippen LogP contribution is -2.40. The van der Waals surface area contributed by atoms with Gasteiger partial charge in [0.1, 0.15) is 5.75 Å². The summed E-state index contributed by atoms with van der Waals surface area (Å²) in [5.74, 6) is 6.87. The maximum Gasteiger partial charge on any atom is 0.415 e. The lowest BCUT2D eigenvalue weighted by atomic mass is 9.86. The summed E-state index contributed by atoms with van der Waals surface area (Å²) in [7, 11) is -1.66. The third kappa shape index (κ3) is 7.79. The van der Waals surface area contributed by atoms with Crippen LogP contribution in [0.15, 0.2) is 24.3 Å². The Morgan fingerprint density at radius 3 is 2.44 bits per heavy atom. The molecule has 0 atom stereocenters. The van der Waals surface area contributed by atoms with Crippen molar-refractivity contribution in [3.63, 3.8) is 0 Å². The van der Waals surface area contributed by atoms with Crippen LogP contribution in [-0.2, 0) is 14.3 Å². The van der Waals surface area contributed by atoms with Crippen LogP contribution >= 0.6 is 11.6 Å². The number of ether oxygens (including phenoxy) is 1. The highest BCUT2D eigenvalue weighted by atomic mass is 35.5. The average Bonchev–Trinajstić information content (AvgIpc) is 2.62. The van der Waals surface area contributed by atoms with Gasteiger partial charge in [0, 0.05) is 30.5 Å². The van der Waals surface area contributed by atoms with Gasteiger partial charge in [-0.05, 0) is 49.9 Å². The molecule has 0 heterocycles. The molecular weight excluding hydrogens is 390 g/mol. The molecule has 0 aromatic heterocycles. The molecule has 0 N–H and O–H groups in total. The number of nitrogens with zero attached hydrogens (tertiary/aromatic N) is 1. The lowest BCUT2D eigenvalue weighted by Gasteiger charge is -2.32. The van der Waals surface area contributed by atoms with Crippen LogP contribution in [0, 0.1) is 17.8 Å². The van der Waals surface area contributed by atoms with Crippen LogP contribution in [0.2, 0.25) is 5.02 Å². The molecule has 0 bridgehead atoms. The number of hydrogen-bond donors (Lipinski definition) is 0. The molecule has 0 unspecified atom stereocenters. The van der Waals surface area contributed by atoms with Crippen molar-refractivity contribution in [2.45, 2.75) is 38.1 Å². The van der Waals surface area contributed by atoms with Gasteiger partial charge in [-0.15, -0.1) is 5.92 Å². The lowest BCUT2D eigenvalue weighted by molar-refractivity contribution is 0.129. The molecule has 1 aliphatic carbocycles. The van der Waals surface area contributed by atoms with Gasteiger partial charge in [-0.25, -0.2) is 4.79 Å². The van der Waals surface area contributed by atoms with E-state index in [9.17, 15) is 13.2 Å². The van der Waals surface area contributed by atoms with Crippen LogP contribution in [0.25, 0.3) is 0 Å². The third-order valence-corrected chi connectivity index (χ3v) is 5.23. The fourth-order valence-corrected chi connectivity index (χ4v) is 3.40. The SMILES string of the molecule is CN(C(=O)Oc1ccc(Cl)cc1)C1CCC(C#CCCOS(C)(=O)=O)CC1. The van der Waals surface area contributed by atoms with Crippen molar-refractivity contribution in [1.29, 1.82) is 0 Å². The monoisotopic (exact) mass is 413 g/mol. The van der Waals surface area contributed by atoms with E-state index in [1.54, 1.807) is 36.2 Å². The van der Waals surface area contributed by atoms with Crippen molar-refractivity contribution < 1.29 is 22.1 Å². The van der Waals surface area contributed by atoms with Gasteiger partial charge in [0.25, 0.3) is 10.1 Å². The first-order chi connectivity index (χ1) is 12.7. The van der Waals surface area contributed by atoms with Crippen LogP contribution in [0.3, 0.4) is 0 Å². The van der Waals surface area contributed by atoms with Gasteiger partial charge in [0.15, 0.2) is 0 Å². The number of halogens is 1. The minimum absolute atomic E-state index is 0.0838. The fourth-order valence-electron chi connectivity index (χ4n) is 2.89. The molecule has 8 heteroatoms. The molecule has 1 aromatic rings. The zero-order valence-electron chi connectivity index (χ0n) is 15.5. The molecule has 6 nitrogen and oxygen atoms in total. The van der Waals surface area contributed by atoms with Crippen molar-refractivity contribution in [2.75, 3.05) is 19.9 Å². The highest BCUT2D eigenvalue weighted by Gasteiger charge is 2.26. The molecule has 0 radical (unpaired) electrons. The van der Waals surface area contributed by atoms with E-state index in [0.717, 1.165) is 31.9 Å². The topological polar surface area (TPSA) is 72.9 Å². The maximum absolute atomic E-state index is 12.3. The van der Waals surface area contributed by atoms with E-state index in [0.29, 0.717) is 17.2 Å². The Labute approximate surface area is 165 Å². The Morgan fingerprint density at radius 1 is 1.22 bits per heavy atom. The van der Waals surface area contributed by atoms with Crippen molar-refractivity contribution in [3.05, 3.63) is 29.3 Å². The van der Waals surface area contributed by atoms with Gasteiger partial charge in [-0.1, -0.05) is 17.5 Å². The molecule has 1 amide bonds. The first-order valence-electron chi connectivity index (χ1n) is 8.77. The molecule has 1 aromatic carbocycles. The van der Waals surface area contributed by atoms with Crippen LogP contribution < -0.4 is 4.74 Å². The van der Waals surface area contributed by atoms with Crippen LogP contribution in [0.4, 0.5) is 4.79 Å². The number of carbonyl (C=O) groups is 1. The van der Waals surface area contributed by atoms with Gasteiger partial charge in [0.2, 0.25) is 0 Å². The summed E-state index contributed by atoms with van der Waals surface area (Å²) in [5.41, 5.74) is 0. The Hall–Kier alpha value is -1.75. The van der Waals surface area contributed by atoms with Crippen molar-refractivity contribution in [3.8, 4) is 17.6 Å². The van der Waals surface area contributed by atoms with E-state index in [1.807, 2.05) is 0 Å². The summed E-state index contributed by atoms with van der Waals surface area (Å²) < 4.78 is 31.7. The molecule has 1 aliphatic rings. The minimum atomic E-state index is -3.40. The van der Waals surface area contributed by atoms with E-state index >= 15 is 0 Å². The Morgan fingerprint density at radius 2 is 1.85 bits per heavy atom. The number of benzene rings is 1. The molecule has 0 saturated heterocycles. The average molecular weight is 414 g/mol. The van der Waals surface area contributed by atoms with Gasteiger partial charge < -0.3 is 9.64 Å². The molecule has 1 saturated carbocycles. The largest absolute Gasteiger partial charge is 0.415 e. The summed E-state index contributed by atoms with van der Waals surface area (Å²) in [6, 6.07) is 6.79. The minimum Gasteiger partial charge on any atom is -0.410 e. The Bertz CT molecular complexity index is 790. The van der Waals surface area contributed by atoms with Gasteiger partial charge >= 0.3 is 6.09 Å². The second-order valence-corrected chi connectivity index (χ2v) is 8.62. The van der Waals surface area contributed by atoms with Crippen molar-refractivity contribution in [2.24, 2.45) is 5.92 Å². The zero-order chi connectivity index (χ0) is 19.9. The molecule has 0 aliphatic heterocycles. The maximum atomic E-state index is 12.3. The van der Waals surface area contributed by atoms with Crippen LogP contribution in [0.1, 0.15) is 32.1 Å². The van der Waals surface area contributed by atoms with Crippen LogP contribution in [-0.4, -0.2) is 45.4 Å². The Balaban J connectivity index is 1.74. The number of carbonyl (C=O) groups excluding carboxylic acids is 1. The highest BCUT2D eigenvalue weighted by molar-refractivity contribution is 7.85. The predicted molar refractivity (Wildman–Crippen MR) is 104 cm³/mol. The second kappa shape index (κ2) is 9.98. The summed E-state index contributed by atoms with van der Waals surface area (Å²) in [6.45, 7) is 0.0838. The highest BCUT2D eigenvalue weighted by Crippen LogP contribution is 2.27. The third-order valence-electron chi connectivity index (χ3n) is 4.38. The molecule has 27 heavy (non-hydrogen) atoms. The number of amides is 1. The summed E-state index contributed by atoms with van der Waals surface area (Å²) >= 11 is 5.82. The number of rotatable bonds is 5. The first kappa shape index (κ1) is 21.5. The Kier molecular flexibility index (Phi) is 7.96. The number of hydrogen-bond acceptors (Lipinski definition) is 5. The zero-order valence-corrected chi connectivity index (χ0v) is 17.1. The van der Waals surface area contributed by atoms with Gasteiger partial charge in [-0.3, -0.25) is 4.18 Å². The smallest absolute Gasteiger partial charge is 0.410 e. The van der Waals surface area contributed by atoms with Crippen LogP contribution in [0.5, 0.6) is 5.75 Å². The van der Waals surface area contributed by atoms with E-state index in [-0.39, 0.29) is 24.7 Å². The van der Waals surface area contributed by atoms with Crippen molar-refractivity contribution >= 4 is 27.8 Å². The molecular formula is C19H24ClNO5S. The fraction of sp³-hybridized carbons (Fsp3) is 0.526. The van der Waals surface area contributed by atoms with Gasteiger partial charge in [-0.2, -0.15) is 8.42 Å². The van der Waals surface area contributed by atoms with E-state index in [4.69, 9.17) is 16.3 Å². The quantitative estimate of drug-likeness (QED) is 0.418. The van der Waals surface area contributed by atoms with E-state index < -0.39 is 10.1 Å². The second-order valence-electron chi connectivity index (χ2n) is 6.54. The summed E-state index contributed by atoms with van der Waals surface area (Å²) in [4.78, 5) is 13.9. The molecule has 148 valence electrons. The van der Waals surface area contributed by atoms with E-state index in [1.165, 1.54) is 0 Å². The van der Waals surface area contributed by atoms with E-state index in [2.05, 4.69) is 16.0 Å². The predicted octanol–water partition coefficient (Wildman–Crippen LogP) is 3.70. The standard InChI is InChI=1S/C19H24ClNO5S/c1-21(19(22)26-18-12-8-16(20)9-13-18)17-10-6-15(7-11-17)5-3-4-14-25-27(2,23)24/h8-9,12-13,15,17H,4,6-7,10-11,14H2,1-2H3. The van der Waals surface area contributed by atoms with Gasteiger partial charge in [0.05, 0.1) is 12.9 Å². The molecule has 2 rings (SSSR count). The molecule has 1 fully saturated rings. The normalized spacial score (nSPS) is 19.7. The molecule has 0 spiro atoms. The summed E-state index contributed by atoms with van der Waals surface area (Å²) in [6.07, 6.45) is 4.52. The van der Waals surface area contributed by atoms with Crippen molar-refractivity contribution in [1.82, 2.24) is 4.90 Å². The first-order valence-corrected chi connectivity index (χ1v) is 11.0.